The molecule has 1 aromatic heterocycles. The molecule has 1 saturated carbocycles. The van der Waals surface area contributed by atoms with E-state index in [1.54, 1.807) is 13.1 Å². The quantitative estimate of drug-likeness (QED) is 0.586. The van der Waals surface area contributed by atoms with Crippen LogP contribution in [-0.4, -0.2) is 21.1 Å². The first-order valence-corrected chi connectivity index (χ1v) is 7.15. The molecule has 1 aliphatic carbocycles. The number of fused-ring (bicyclic) bond motifs is 1. The van der Waals surface area contributed by atoms with Crippen molar-refractivity contribution in [3.63, 3.8) is 0 Å². The van der Waals surface area contributed by atoms with Gasteiger partial charge >= 0.3 is 0 Å². The van der Waals surface area contributed by atoms with E-state index in [4.69, 9.17) is 23.2 Å². The number of hydrazine groups is 1. The van der Waals surface area contributed by atoms with E-state index in [1.807, 2.05) is 24.3 Å². The monoisotopic (exact) mass is 325 g/mol. The Labute approximate surface area is 131 Å². The van der Waals surface area contributed by atoms with Crippen LogP contribution in [0.5, 0.6) is 0 Å². The molecular weight excluding hydrogens is 313 g/mol. The highest BCUT2D eigenvalue weighted by Gasteiger charge is 2.68. The summed E-state index contributed by atoms with van der Waals surface area (Å²) in [4.78, 5) is 27.1. The van der Waals surface area contributed by atoms with Gasteiger partial charge in [0.2, 0.25) is 5.91 Å². The minimum atomic E-state index is -1.07. The minimum Gasteiger partial charge on any atom is -0.360 e. The van der Waals surface area contributed by atoms with Gasteiger partial charge in [0.1, 0.15) is 4.33 Å². The van der Waals surface area contributed by atoms with Gasteiger partial charge in [-0.2, -0.15) is 0 Å². The second-order valence-electron chi connectivity index (χ2n) is 5.37. The van der Waals surface area contributed by atoms with Crippen molar-refractivity contribution in [2.45, 2.75) is 17.7 Å². The molecule has 2 amide bonds. The third-order valence-corrected chi connectivity index (χ3v) is 4.98. The number of aromatic amines is 1. The lowest BCUT2D eigenvalue weighted by molar-refractivity contribution is -0.126. The Balaban J connectivity index is 1.69. The van der Waals surface area contributed by atoms with Gasteiger partial charge in [0.25, 0.3) is 5.91 Å². The van der Waals surface area contributed by atoms with Gasteiger partial charge in [-0.05, 0) is 19.4 Å². The number of H-pyrrole nitrogens is 1. The van der Waals surface area contributed by atoms with E-state index in [9.17, 15) is 9.59 Å². The third-order valence-electron chi connectivity index (χ3n) is 3.88. The predicted molar refractivity (Wildman–Crippen MR) is 81.1 cm³/mol. The summed E-state index contributed by atoms with van der Waals surface area (Å²) in [5.74, 6) is -0.805. The van der Waals surface area contributed by atoms with E-state index < -0.39 is 21.6 Å². The Kier molecular flexibility index (Phi) is 3.15. The van der Waals surface area contributed by atoms with Gasteiger partial charge in [0, 0.05) is 17.1 Å². The second kappa shape index (κ2) is 4.64. The molecule has 1 unspecified atom stereocenters. The molecule has 0 aliphatic heterocycles. The Bertz CT molecular complexity index is 741. The number of hydrogen-bond donors (Lipinski definition) is 3. The molecule has 2 aromatic rings. The lowest BCUT2D eigenvalue weighted by Crippen LogP contribution is -2.45. The van der Waals surface area contributed by atoms with Gasteiger partial charge in [-0.3, -0.25) is 20.4 Å². The normalized spacial score (nSPS) is 22.8. The van der Waals surface area contributed by atoms with Crippen molar-refractivity contribution in [2.24, 2.45) is 5.41 Å². The zero-order valence-corrected chi connectivity index (χ0v) is 12.7. The average Bonchev–Trinajstić information content (AvgIpc) is 2.82. The van der Waals surface area contributed by atoms with Gasteiger partial charge in [-0.1, -0.05) is 18.2 Å². The van der Waals surface area contributed by atoms with Crippen molar-refractivity contribution in [3.8, 4) is 0 Å². The van der Waals surface area contributed by atoms with E-state index in [-0.39, 0.29) is 0 Å². The standard InChI is InChI=1S/C14H13Cl2N3O2/c1-13(7-14(13,15)16)12(21)19-18-11(20)9-6-17-10-5-3-2-4-8(9)10/h2-6,17H,7H2,1H3,(H,18,20)(H,19,21). The molecule has 110 valence electrons. The number of carbonyl (C=O) groups is 2. The highest BCUT2D eigenvalue weighted by Crippen LogP contribution is 2.63. The number of aromatic nitrogens is 1. The lowest BCUT2D eigenvalue weighted by atomic mass is 10.1. The molecule has 1 fully saturated rings. The van der Waals surface area contributed by atoms with Gasteiger partial charge < -0.3 is 4.98 Å². The Hall–Kier alpha value is -1.72. The predicted octanol–water partition coefficient (Wildman–Crippen LogP) is 2.51. The maximum absolute atomic E-state index is 12.1. The van der Waals surface area contributed by atoms with Crippen LogP contribution in [-0.2, 0) is 4.79 Å². The third kappa shape index (κ3) is 2.26. The number of hydrogen-bond acceptors (Lipinski definition) is 2. The summed E-state index contributed by atoms with van der Waals surface area (Å²) in [5, 5.41) is 0.783. The molecule has 1 aliphatic rings. The van der Waals surface area contributed by atoms with Crippen molar-refractivity contribution >= 4 is 45.9 Å². The molecule has 0 bridgehead atoms. The van der Waals surface area contributed by atoms with Crippen LogP contribution in [0.1, 0.15) is 23.7 Å². The summed E-state index contributed by atoms with van der Waals surface area (Å²) in [6, 6.07) is 7.40. The van der Waals surface area contributed by atoms with E-state index >= 15 is 0 Å². The van der Waals surface area contributed by atoms with Gasteiger partial charge in [-0.15, -0.1) is 23.2 Å². The minimum absolute atomic E-state index is 0.359. The summed E-state index contributed by atoms with van der Waals surface area (Å²) in [6.45, 7) is 1.65. The van der Waals surface area contributed by atoms with Crippen LogP contribution in [0.3, 0.4) is 0 Å². The second-order valence-corrected chi connectivity index (χ2v) is 6.85. The number of alkyl halides is 2. The van der Waals surface area contributed by atoms with Crippen molar-refractivity contribution in [3.05, 3.63) is 36.0 Å². The van der Waals surface area contributed by atoms with Crippen molar-refractivity contribution in [2.75, 3.05) is 0 Å². The van der Waals surface area contributed by atoms with Gasteiger partial charge in [-0.25, -0.2) is 0 Å². The van der Waals surface area contributed by atoms with E-state index in [0.29, 0.717) is 12.0 Å². The molecule has 0 radical (unpaired) electrons. The number of para-hydroxylation sites is 1. The first-order valence-electron chi connectivity index (χ1n) is 6.40. The summed E-state index contributed by atoms with van der Waals surface area (Å²) >= 11 is 11.8. The molecule has 1 heterocycles. The average molecular weight is 326 g/mol. The Morgan fingerprint density at radius 3 is 2.57 bits per heavy atom. The molecule has 7 heteroatoms. The largest absolute Gasteiger partial charge is 0.360 e. The fourth-order valence-corrected chi connectivity index (χ4v) is 2.93. The summed E-state index contributed by atoms with van der Waals surface area (Å²) < 4.78 is -1.07. The topological polar surface area (TPSA) is 74.0 Å². The van der Waals surface area contributed by atoms with E-state index in [2.05, 4.69) is 15.8 Å². The first kappa shape index (κ1) is 14.2. The number of amides is 2. The summed E-state index contributed by atoms with van der Waals surface area (Å²) in [5.41, 5.74) is 5.19. The zero-order chi connectivity index (χ0) is 15.3. The van der Waals surface area contributed by atoms with Crippen LogP contribution in [0.15, 0.2) is 30.5 Å². The van der Waals surface area contributed by atoms with Crippen LogP contribution < -0.4 is 10.9 Å². The van der Waals surface area contributed by atoms with Crippen molar-refractivity contribution < 1.29 is 9.59 Å². The van der Waals surface area contributed by atoms with Crippen molar-refractivity contribution in [1.82, 2.24) is 15.8 Å². The van der Waals surface area contributed by atoms with E-state index in [1.165, 1.54) is 0 Å². The molecule has 3 rings (SSSR count). The molecule has 5 nitrogen and oxygen atoms in total. The van der Waals surface area contributed by atoms with Crippen LogP contribution in [0.25, 0.3) is 10.9 Å². The van der Waals surface area contributed by atoms with Crippen LogP contribution in [0.2, 0.25) is 0 Å². The fourth-order valence-electron chi connectivity index (χ4n) is 2.22. The zero-order valence-electron chi connectivity index (χ0n) is 11.2. The maximum atomic E-state index is 12.1. The number of halogens is 2. The molecule has 0 spiro atoms. The van der Waals surface area contributed by atoms with Crippen LogP contribution >= 0.6 is 23.2 Å². The first-order chi connectivity index (χ1) is 9.85. The summed E-state index contributed by atoms with van der Waals surface area (Å²) in [6.07, 6.45) is 1.95. The number of nitrogens with one attached hydrogen (secondary N) is 3. The molecule has 0 saturated heterocycles. The Morgan fingerprint density at radius 2 is 1.90 bits per heavy atom. The maximum Gasteiger partial charge on any atom is 0.271 e. The summed E-state index contributed by atoms with van der Waals surface area (Å²) in [7, 11) is 0. The molecule has 1 aromatic carbocycles. The molecule has 1 atom stereocenters. The highest BCUT2D eigenvalue weighted by molar-refractivity contribution is 6.53. The van der Waals surface area contributed by atoms with Gasteiger partial charge in [0.05, 0.1) is 11.0 Å². The van der Waals surface area contributed by atoms with Crippen molar-refractivity contribution in [1.29, 1.82) is 0 Å². The fraction of sp³-hybridized carbons (Fsp3) is 0.286. The smallest absolute Gasteiger partial charge is 0.271 e. The number of carbonyl (C=O) groups excluding carboxylic acids is 2. The lowest BCUT2D eigenvalue weighted by Gasteiger charge is -2.13. The van der Waals surface area contributed by atoms with Crippen LogP contribution in [0, 0.1) is 5.41 Å². The van der Waals surface area contributed by atoms with Crippen LogP contribution in [0.4, 0.5) is 0 Å². The number of rotatable bonds is 2. The molecular formula is C14H13Cl2N3O2. The number of benzene rings is 1. The molecule has 3 N–H and O–H groups in total. The van der Waals surface area contributed by atoms with Gasteiger partial charge in [0.15, 0.2) is 0 Å². The van der Waals surface area contributed by atoms with E-state index in [0.717, 1.165) is 10.9 Å². The highest BCUT2D eigenvalue weighted by atomic mass is 35.5. The molecule has 21 heavy (non-hydrogen) atoms. The SMILES string of the molecule is CC1(C(=O)NNC(=O)c2c[nH]c3ccccc23)CC1(Cl)Cl. The Morgan fingerprint density at radius 1 is 1.24 bits per heavy atom.